The maximum Gasteiger partial charge on any atom is 0.298 e. The van der Waals surface area contributed by atoms with Crippen LogP contribution in [0.15, 0.2) is 58.7 Å². The second-order valence-electron chi connectivity index (χ2n) is 5.53. The van der Waals surface area contributed by atoms with E-state index in [0.717, 1.165) is 40.6 Å². The SMILES string of the molecule is CO/N=[N+](\[O-])CC(=O)N1CN(S(=O)(=O)c2ccc(F)cc2)c2ccccc21. The van der Waals surface area contributed by atoms with Crippen LogP contribution >= 0.6 is 0 Å². The average Bonchev–Trinajstić information content (AvgIpc) is 3.03. The van der Waals surface area contributed by atoms with Gasteiger partial charge in [-0.25, -0.2) is 17.1 Å². The van der Waals surface area contributed by atoms with Gasteiger partial charge in [0.15, 0.2) is 5.28 Å². The molecule has 142 valence electrons. The molecule has 0 atom stereocenters. The molecule has 3 rings (SSSR count). The molecule has 0 saturated carbocycles. The molecule has 9 nitrogen and oxygen atoms in total. The van der Waals surface area contributed by atoms with Crippen LogP contribution in [0.5, 0.6) is 0 Å². The smallest absolute Gasteiger partial charge is 0.298 e. The summed E-state index contributed by atoms with van der Waals surface area (Å²) >= 11 is 0. The van der Waals surface area contributed by atoms with Gasteiger partial charge in [0.05, 0.1) is 16.3 Å². The minimum absolute atomic E-state index is 0.0576. The van der Waals surface area contributed by atoms with E-state index in [1.807, 2.05) is 0 Å². The lowest BCUT2D eigenvalue weighted by Crippen LogP contribution is -2.41. The molecule has 0 aromatic heterocycles. The van der Waals surface area contributed by atoms with E-state index in [9.17, 15) is 22.8 Å². The van der Waals surface area contributed by atoms with Crippen LogP contribution in [0.1, 0.15) is 0 Å². The van der Waals surface area contributed by atoms with Gasteiger partial charge in [0.25, 0.3) is 22.5 Å². The zero-order valence-electron chi connectivity index (χ0n) is 14.1. The number of amides is 1. The van der Waals surface area contributed by atoms with Gasteiger partial charge in [0.2, 0.25) is 0 Å². The molecule has 11 heteroatoms. The molecule has 0 N–H and O–H groups in total. The third-order valence-electron chi connectivity index (χ3n) is 3.86. The lowest BCUT2D eigenvalue weighted by molar-refractivity contribution is -0.546. The first-order chi connectivity index (χ1) is 12.8. The number of hydrogen-bond acceptors (Lipinski definition) is 6. The largest absolute Gasteiger partial charge is 0.597 e. The molecule has 27 heavy (non-hydrogen) atoms. The van der Waals surface area contributed by atoms with E-state index in [4.69, 9.17) is 0 Å². The van der Waals surface area contributed by atoms with E-state index in [2.05, 4.69) is 10.1 Å². The van der Waals surface area contributed by atoms with Crippen molar-refractivity contribution in [2.75, 3.05) is 29.5 Å². The number of rotatable bonds is 5. The molecule has 0 bridgehead atoms. The predicted molar refractivity (Wildman–Crippen MR) is 92.8 cm³/mol. The number of anilines is 2. The van der Waals surface area contributed by atoms with Crippen LogP contribution in [0.25, 0.3) is 0 Å². The van der Waals surface area contributed by atoms with Crippen molar-refractivity contribution in [1.82, 2.24) is 0 Å². The first-order valence-electron chi connectivity index (χ1n) is 7.71. The van der Waals surface area contributed by atoms with E-state index in [1.165, 1.54) is 6.07 Å². The molecule has 0 radical (unpaired) electrons. The third kappa shape index (κ3) is 3.53. The van der Waals surface area contributed by atoms with Gasteiger partial charge in [0.1, 0.15) is 19.6 Å². The van der Waals surface area contributed by atoms with E-state index >= 15 is 0 Å². The Morgan fingerprint density at radius 3 is 2.48 bits per heavy atom. The molecule has 0 unspecified atom stereocenters. The average molecular weight is 394 g/mol. The lowest BCUT2D eigenvalue weighted by Gasteiger charge is -2.20. The Hall–Kier alpha value is -3.21. The first kappa shape index (κ1) is 18.6. The van der Waals surface area contributed by atoms with Crippen LogP contribution in [0, 0.1) is 11.0 Å². The van der Waals surface area contributed by atoms with E-state index in [1.54, 1.807) is 18.2 Å². The summed E-state index contributed by atoms with van der Waals surface area (Å²) in [5, 5.41) is 14.5. The summed E-state index contributed by atoms with van der Waals surface area (Å²) in [6.45, 7) is -0.967. The molecule has 0 aliphatic carbocycles. The summed E-state index contributed by atoms with van der Waals surface area (Å²) in [5.74, 6) is -1.22. The van der Waals surface area contributed by atoms with Crippen molar-refractivity contribution < 1.29 is 27.3 Å². The minimum Gasteiger partial charge on any atom is -0.597 e. The van der Waals surface area contributed by atoms with Crippen LogP contribution in [0.3, 0.4) is 0 Å². The summed E-state index contributed by atoms with van der Waals surface area (Å²) in [4.78, 5) is 17.9. The summed E-state index contributed by atoms with van der Waals surface area (Å²) in [6, 6.07) is 10.7. The molecule has 1 aliphatic rings. The second kappa shape index (κ2) is 7.19. The monoisotopic (exact) mass is 394 g/mol. The van der Waals surface area contributed by atoms with Gasteiger partial charge in [0, 0.05) is 0 Å². The van der Waals surface area contributed by atoms with Crippen LogP contribution in [-0.4, -0.2) is 39.5 Å². The van der Waals surface area contributed by atoms with Crippen molar-refractivity contribution in [2.45, 2.75) is 4.90 Å². The number of nitrogens with zero attached hydrogens (tertiary/aromatic N) is 4. The fourth-order valence-electron chi connectivity index (χ4n) is 2.66. The van der Waals surface area contributed by atoms with E-state index < -0.39 is 28.3 Å². The Balaban J connectivity index is 1.96. The Morgan fingerprint density at radius 1 is 1.22 bits per heavy atom. The van der Waals surface area contributed by atoms with Gasteiger partial charge in [-0.05, 0) is 41.3 Å². The topological polar surface area (TPSA) is 105 Å². The molecular formula is C16H15FN4O5S. The fraction of sp³-hybridized carbons (Fsp3) is 0.188. The highest BCUT2D eigenvalue weighted by Crippen LogP contribution is 2.39. The number of benzene rings is 2. The van der Waals surface area contributed by atoms with Crippen molar-refractivity contribution >= 4 is 27.3 Å². The zero-order chi connectivity index (χ0) is 19.6. The van der Waals surface area contributed by atoms with Crippen molar-refractivity contribution in [3.63, 3.8) is 0 Å². The summed E-state index contributed by atoms with van der Waals surface area (Å²) in [5.41, 5.74) is 0.607. The number of carbonyl (C=O) groups excluding carboxylic acids is 1. The molecule has 0 saturated heterocycles. The molecule has 1 aliphatic heterocycles. The van der Waals surface area contributed by atoms with Gasteiger partial charge in [-0.1, -0.05) is 12.1 Å². The Kier molecular flexibility index (Phi) is 4.95. The molecule has 1 amide bonds. The lowest BCUT2D eigenvalue weighted by atomic mass is 10.2. The van der Waals surface area contributed by atoms with Crippen LogP contribution in [-0.2, 0) is 19.7 Å². The predicted octanol–water partition coefficient (Wildman–Crippen LogP) is 1.85. The van der Waals surface area contributed by atoms with Gasteiger partial charge in [-0.15, -0.1) is 0 Å². The highest BCUT2D eigenvalue weighted by atomic mass is 32.2. The fourth-order valence-corrected chi connectivity index (χ4v) is 4.07. The van der Waals surface area contributed by atoms with E-state index in [-0.39, 0.29) is 22.1 Å². The molecule has 2 aromatic rings. The third-order valence-corrected chi connectivity index (χ3v) is 5.62. The minimum atomic E-state index is -4.04. The first-order valence-corrected chi connectivity index (χ1v) is 9.15. The second-order valence-corrected chi connectivity index (χ2v) is 7.40. The quantitative estimate of drug-likeness (QED) is 0.437. The van der Waals surface area contributed by atoms with Crippen molar-refractivity contribution in [3.8, 4) is 0 Å². The number of para-hydroxylation sites is 2. The summed E-state index contributed by atoms with van der Waals surface area (Å²) in [6.07, 6.45) is 0. The Labute approximate surface area is 154 Å². The molecule has 2 aromatic carbocycles. The standard InChI is InChI=1S/C16H15FN4O5S/c1-26-18-21(23)10-16(22)19-11-20(15-5-3-2-4-14(15)19)27(24,25)13-8-6-12(17)7-9-13/h2-9H,10-11H2,1H3/b21-18-. The van der Waals surface area contributed by atoms with Crippen LogP contribution in [0.4, 0.5) is 15.8 Å². The number of sulfonamides is 1. The summed E-state index contributed by atoms with van der Waals surface area (Å²) in [7, 11) is -2.88. The number of carbonyl (C=O) groups is 1. The maximum absolute atomic E-state index is 13.1. The summed E-state index contributed by atoms with van der Waals surface area (Å²) < 4.78 is 40.1. The number of hydrogen-bond donors (Lipinski definition) is 0. The number of halogens is 1. The molecule has 0 spiro atoms. The highest BCUT2D eigenvalue weighted by Gasteiger charge is 2.38. The van der Waals surface area contributed by atoms with E-state index in [0.29, 0.717) is 5.69 Å². The Bertz CT molecular complexity index is 994. The molecular weight excluding hydrogens is 379 g/mol. The van der Waals surface area contributed by atoms with Gasteiger partial charge >= 0.3 is 0 Å². The highest BCUT2D eigenvalue weighted by molar-refractivity contribution is 7.92. The number of hydroxylamine groups is 1. The van der Waals surface area contributed by atoms with Gasteiger partial charge in [-0.2, -0.15) is 0 Å². The normalized spacial score (nSPS) is 14.2. The molecule has 1 heterocycles. The number of fused-ring (bicyclic) bond motifs is 1. The maximum atomic E-state index is 13.1. The van der Waals surface area contributed by atoms with Crippen molar-refractivity contribution in [3.05, 3.63) is 59.6 Å². The van der Waals surface area contributed by atoms with Gasteiger partial charge < -0.3 is 10.0 Å². The van der Waals surface area contributed by atoms with Gasteiger partial charge in [-0.3, -0.25) is 9.69 Å². The van der Waals surface area contributed by atoms with Crippen LogP contribution < -0.4 is 9.21 Å². The van der Waals surface area contributed by atoms with Crippen molar-refractivity contribution in [2.24, 2.45) is 5.28 Å². The Morgan fingerprint density at radius 2 is 1.85 bits per heavy atom. The van der Waals surface area contributed by atoms with Crippen molar-refractivity contribution in [1.29, 1.82) is 0 Å². The van der Waals surface area contributed by atoms with Crippen LogP contribution in [0.2, 0.25) is 0 Å². The zero-order valence-corrected chi connectivity index (χ0v) is 15.0. The molecule has 0 fully saturated rings.